The van der Waals surface area contributed by atoms with Crippen LogP contribution in [0.5, 0.6) is 0 Å². The number of alkyl halides is 3. The van der Waals surface area contributed by atoms with Gasteiger partial charge in [0.1, 0.15) is 17.5 Å². The number of amides is 1. The maximum Gasteiger partial charge on any atom is 0.433 e. The average Bonchev–Trinajstić information content (AvgIpc) is 3.07. The smallest absolute Gasteiger partial charge is 0.390 e. The minimum absolute atomic E-state index is 0.0869. The van der Waals surface area contributed by atoms with Crippen molar-refractivity contribution in [3.63, 3.8) is 0 Å². The van der Waals surface area contributed by atoms with Gasteiger partial charge in [0.15, 0.2) is 0 Å². The van der Waals surface area contributed by atoms with Gasteiger partial charge in [0, 0.05) is 19.2 Å². The van der Waals surface area contributed by atoms with E-state index in [1.54, 1.807) is 20.0 Å². The van der Waals surface area contributed by atoms with E-state index >= 15 is 0 Å². The van der Waals surface area contributed by atoms with Crippen LogP contribution >= 0.6 is 0 Å². The van der Waals surface area contributed by atoms with Gasteiger partial charge in [0.25, 0.3) is 5.91 Å². The highest BCUT2D eigenvalue weighted by molar-refractivity contribution is 5.93. The molecule has 0 spiro atoms. The fraction of sp³-hybridized carbons (Fsp3) is 0.471. The van der Waals surface area contributed by atoms with Gasteiger partial charge in [0.2, 0.25) is 0 Å². The zero-order chi connectivity index (χ0) is 19.9. The summed E-state index contributed by atoms with van der Waals surface area (Å²) in [7, 11) is 1.60. The molecule has 0 bridgehead atoms. The number of aliphatic hydroxyl groups is 2. The second-order valence-electron chi connectivity index (χ2n) is 6.67. The normalized spacial score (nSPS) is 25.6. The Bertz CT molecular complexity index is 835. The highest BCUT2D eigenvalue weighted by atomic mass is 19.4. The number of halogens is 3. The van der Waals surface area contributed by atoms with Gasteiger partial charge >= 0.3 is 6.18 Å². The Morgan fingerprint density at radius 1 is 1.33 bits per heavy atom. The van der Waals surface area contributed by atoms with Crippen molar-refractivity contribution in [3.05, 3.63) is 47.0 Å². The molecule has 0 saturated heterocycles. The largest absolute Gasteiger partial charge is 0.433 e. The fourth-order valence-electron chi connectivity index (χ4n) is 3.39. The second kappa shape index (κ2) is 6.93. The van der Waals surface area contributed by atoms with Crippen molar-refractivity contribution in [1.29, 1.82) is 0 Å². The van der Waals surface area contributed by atoms with Crippen molar-refractivity contribution in [2.45, 2.75) is 43.7 Å². The Kier molecular flexibility index (Phi) is 4.96. The molecule has 1 fully saturated rings. The first-order valence-electron chi connectivity index (χ1n) is 8.28. The summed E-state index contributed by atoms with van der Waals surface area (Å²) in [5, 5.41) is 27.0. The molecule has 0 radical (unpaired) electrons. The molecule has 3 N–H and O–H groups in total. The molecule has 0 aromatic carbocycles. The van der Waals surface area contributed by atoms with Crippen LogP contribution in [0.3, 0.4) is 0 Å². The van der Waals surface area contributed by atoms with E-state index in [0.29, 0.717) is 11.3 Å². The molecule has 2 aromatic rings. The molecule has 0 aliphatic heterocycles. The number of aliphatic hydroxyl groups excluding tert-OH is 2. The molecule has 1 saturated carbocycles. The molecule has 2 heterocycles. The van der Waals surface area contributed by atoms with E-state index < -0.39 is 41.9 Å². The molecular weight excluding hydrogens is 365 g/mol. The summed E-state index contributed by atoms with van der Waals surface area (Å²) in [4.78, 5) is 15.9. The van der Waals surface area contributed by atoms with E-state index in [2.05, 4.69) is 15.4 Å². The molecular formula is C17H19F3N4O3. The summed E-state index contributed by atoms with van der Waals surface area (Å²) >= 11 is 0. The molecule has 2 aromatic heterocycles. The second-order valence-corrected chi connectivity index (χ2v) is 6.67. The van der Waals surface area contributed by atoms with Gasteiger partial charge in [-0.05, 0) is 31.0 Å². The number of hydrogen-bond donors (Lipinski definition) is 3. The summed E-state index contributed by atoms with van der Waals surface area (Å²) in [5.41, 5.74) is 0.268. The Labute approximate surface area is 152 Å². The topological polar surface area (TPSA) is 100 Å². The monoisotopic (exact) mass is 384 g/mol. The van der Waals surface area contributed by atoms with Crippen LogP contribution in [-0.4, -0.2) is 49.1 Å². The molecule has 1 amide bonds. The third-order valence-corrected chi connectivity index (χ3v) is 4.73. The summed E-state index contributed by atoms with van der Waals surface area (Å²) in [6, 6.07) is 2.79. The Morgan fingerprint density at radius 2 is 2.04 bits per heavy atom. The van der Waals surface area contributed by atoms with Crippen LogP contribution in [-0.2, 0) is 13.2 Å². The number of pyridine rings is 1. The van der Waals surface area contributed by atoms with Crippen molar-refractivity contribution in [2.75, 3.05) is 0 Å². The molecule has 3 rings (SSSR count). The lowest BCUT2D eigenvalue weighted by molar-refractivity contribution is -0.141. The number of carbonyl (C=O) groups is 1. The lowest BCUT2D eigenvalue weighted by Gasteiger charge is -2.23. The molecule has 146 valence electrons. The Balaban J connectivity index is 1.84. The van der Waals surface area contributed by atoms with Crippen molar-refractivity contribution < 1.29 is 28.2 Å². The van der Waals surface area contributed by atoms with Crippen molar-refractivity contribution in [1.82, 2.24) is 20.1 Å². The first-order valence-corrected chi connectivity index (χ1v) is 8.28. The Hall–Kier alpha value is -2.46. The summed E-state index contributed by atoms with van der Waals surface area (Å²) in [6.07, 6.45) is -5.78. The molecule has 4 atom stereocenters. The van der Waals surface area contributed by atoms with Crippen LogP contribution in [0.15, 0.2) is 24.4 Å². The molecule has 27 heavy (non-hydrogen) atoms. The highest BCUT2D eigenvalue weighted by Crippen LogP contribution is 2.36. The summed E-state index contributed by atoms with van der Waals surface area (Å²) < 4.78 is 39.5. The van der Waals surface area contributed by atoms with Crippen LogP contribution in [0.4, 0.5) is 13.2 Å². The predicted octanol–water partition coefficient (Wildman–Crippen LogP) is 1.15. The van der Waals surface area contributed by atoms with Crippen LogP contribution in [0.2, 0.25) is 0 Å². The summed E-state index contributed by atoms with van der Waals surface area (Å²) in [5.74, 6) is -1.08. The van der Waals surface area contributed by atoms with Crippen LogP contribution in [0, 0.1) is 6.92 Å². The quantitative estimate of drug-likeness (QED) is 0.737. The maximum atomic E-state index is 12.7. The number of aromatic nitrogens is 3. The summed E-state index contributed by atoms with van der Waals surface area (Å²) in [6.45, 7) is 1.72. The lowest BCUT2D eigenvalue weighted by atomic mass is 9.94. The predicted molar refractivity (Wildman–Crippen MR) is 87.8 cm³/mol. The van der Waals surface area contributed by atoms with E-state index in [1.165, 1.54) is 10.7 Å². The van der Waals surface area contributed by atoms with Gasteiger partial charge in [0.05, 0.1) is 17.8 Å². The fourth-order valence-corrected chi connectivity index (χ4v) is 3.39. The number of carbonyl (C=O) groups excluding carboxylic acids is 1. The van der Waals surface area contributed by atoms with Crippen LogP contribution in [0.1, 0.15) is 39.8 Å². The molecule has 10 heteroatoms. The van der Waals surface area contributed by atoms with E-state index in [4.69, 9.17) is 0 Å². The number of rotatable bonds is 3. The van der Waals surface area contributed by atoms with E-state index in [1.807, 2.05) is 0 Å². The standard InChI is InChI=1S/C17H19F3N4O3/c1-8-5-11(24(2)23-8)16(27)22-14-10(6-12(25)15(14)26)9-3-4-13(21-7-9)17(18,19)20/h3-5,7,10,12,14-15,25-26H,6H2,1-2H3,(H,22,27)/t10-,12-,14-,15-/m1/s1. The molecule has 7 nitrogen and oxygen atoms in total. The number of hydrogen-bond acceptors (Lipinski definition) is 5. The molecule has 1 aliphatic carbocycles. The number of nitrogens with one attached hydrogen (secondary N) is 1. The number of aryl methyl sites for hydroxylation is 2. The van der Waals surface area contributed by atoms with E-state index in [9.17, 15) is 28.2 Å². The van der Waals surface area contributed by atoms with Gasteiger partial charge in [-0.15, -0.1) is 0 Å². The van der Waals surface area contributed by atoms with Crippen LogP contribution < -0.4 is 5.32 Å². The van der Waals surface area contributed by atoms with Gasteiger partial charge in [-0.1, -0.05) is 6.07 Å². The maximum absolute atomic E-state index is 12.7. The minimum Gasteiger partial charge on any atom is -0.390 e. The zero-order valence-electron chi connectivity index (χ0n) is 14.6. The first kappa shape index (κ1) is 19.3. The van der Waals surface area contributed by atoms with Gasteiger partial charge < -0.3 is 15.5 Å². The van der Waals surface area contributed by atoms with Gasteiger partial charge in [-0.3, -0.25) is 14.5 Å². The van der Waals surface area contributed by atoms with E-state index in [-0.39, 0.29) is 12.1 Å². The van der Waals surface area contributed by atoms with Crippen LogP contribution in [0.25, 0.3) is 0 Å². The lowest BCUT2D eigenvalue weighted by Crippen LogP contribution is -2.45. The first-order chi connectivity index (χ1) is 12.6. The number of nitrogens with zero attached hydrogens (tertiary/aromatic N) is 3. The SMILES string of the molecule is Cc1cc(C(=O)N[C@H]2[C@H](O)[C@H](O)C[C@@H]2c2ccc(C(F)(F)F)nc2)n(C)n1. The third kappa shape index (κ3) is 3.81. The Morgan fingerprint density at radius 3 is 2.56 bits per heavy atom. The van der Waals surface area contributed by atoms with Gasteiger partial charge in [-0.2, -0.15) is 18.3 Å². The van der Waals surface area contributed by atoms with Crippen molar-refractivity contribution >= 4 is 5.91 Å². The van der Waals surface area contributed by atoms with E-state index in [0.717, 1.165) is 12.3 Å². The highest BCUT2D eigenvalue weighted by Gasteiger charge is 2.44. The van der Waals surface area contributed by atoms with Crippen molar-refractivity contribution in [2.24, 2.45) is 7.05 Å². The third-order valence-electron chi connectivity index (χ3n) is 4.73. The van der Waals surface area contributed by atoms with Gasteiger partial charge in [-0.25, -0.2) is 0 Å². The average molecular weight is 384 g/mol. The minimum atomic E-state index is -4.56. The van der Waals surface area contributed by atoms with Crippen molar-refractivity contribution in [3.8, 4) is 0 Å². The zero-order valence-corrected chi connectivity index (χ0v) is 14.6. The molecule has 0 unspecified atom stereocenters. The molecule has 1 aliphatic rings.